The van der Waals surface area contributed by atoms with Gasteiger partial charge in [0.2, 0.25) is 0 Å². The molecule has 1 aromatic carbocycles. The number of nitrogens with zero attached hydrogens (tertiary/aromatic N) is 2. The molecule has 1 aliphatic rings. The van der Waals surface area contributed by atoms with Gasteiger partial charge in [-0.25, -0.2) is 14.2 Å². The van der Waals surface area contributed by atoms with Gasteiger partial charge in [0.05, 0.1) is 11.7 Å². The molecule has 0 bridgehead atoms. The molecule has 0 radical (unpaired) electrons. The Morgan fingerprint density at radius 2 is 1.74 bits per heavy atom. The monoisotopic (exact) mass is 496 g/mol. The Labute approximate surface area is 198 Å². The van der Waals surface area contributed by atoms with Crippen LogP contribution in [0.5, 0.6) is 5.75 Å². The zero-order valence-corrected chi connectivity index (χ0v) is 18.4. The fraction of sp³-hybridized carbons (Fsp3) is 0.348. The number of anilines is 2. The van der Waals surface area contributed by atoms with Crippen molar-refractivity contribution in [2.45, 2.75) is 44.4 Å². The maximum Gasteiger partial charge on any atom is 0.503 e. The number of hydrogen-bond acceptors (Lipinski definition) is 5. The molecule has 0 atom stereocenters. The van der Waals surface area contributed by atoms with E-state index in [0.717, 1.165) is 31.0 Å². The highest BCUT2D eigenvalue weighted by Crippen LogP contribution is 2.36. The van der Waals surface area contributed by atoms with Gasteiger partial charge in [-0.15, -0.1) is 0 Å². The fourth-order valence-electron chi connectivity index (χ4n) is 3.87. The molecule has 8 nitrogen and oxygen atoms in total. The second kappa shape index (κ2) is 11.5. The lowest BCUT2D eigenvalue weighted by Crippen LogP contribution is -2.26. The summed E-state index contributed by atoms with van der Waals surface area (Å²) in [7, 11) is 0. The van der Waals surface area contributed by atoms with Crippen LogP contribution in [-0.2, 0) is 12.6 Å². The molecule has 0 spiro atoms. The van der Waals surface area contributed by atoms with Crippen LogP contribution in [0, 0.1) is 11.7 Å². The number of hydrogen-bond donors (Lipinski definition) is 4. The van der Waals surface area contributed by atoms with Gasteiger partial charge < -0.3 is 20.3 Å². The van der Waals surface area contributed by atoms with Gasteiger partial charge in [0, 0.05) is 18.0 Å². The Bertz CT molecular complexity index is 1100. The van der Waals surface area contributed by atoms with Crippen molar-refractivity contribution in [1.29, 1.82) is 0 Å². The minimum atomic E-state index is -4.74. The van der Waals surface area contributed by atoms with Crippen LogP contribution in [-0.4, -0.2) is 37.7 Å². The van der Waals surface area contributed by atoms with Crippen LogP contribution >= 0.6 is 0 Å². The highest BCUT2D eigenvalue weighted by molar-refractivity contribution is 5.53. The van der Waals surface area contributed by atoms with Gasteiger partial charge >= 0.3 is 12.3 Å². The predicted molar refractivity (Wildman–Crippen MR) is 118 cm³/mol. The summed E-state index contributed by atoms with van der Waals surface area (Å²) in [6, 6.07) is 10.7. The number of aromatic nitrogens is 3. The van der Waals surface area contributed by atoms with Crippen molar-refractivity contribution >= 4 is 17.8 Å². The third kappa shape index (κ3) is 7.87. The first-order valence-electron chi connectivity index (χ1n) is 10.8. The van der Waals surface area contributed by atoms with E-state index in [1.165, 1.54) is 12.1 Å². The van der Waals surface area contributed by atoms with Gasteiger partial charge in [-0.2, -0.15) is 18.3 Å². The lowest BCUT2D eigenvalue weighted by Gasteiger charge is -2.29. The van der Waals surface area contributed by atoms with E-state index in [2.05, 4.69) is 20.5 Å². The van der Waals surface area contributed by atoms with Gasteiger partial charge in [0.25, 0.3) is 0 Å². The van der Waals surface area contributed by atoms with Crippen molar-refractivity contribution < 1.29 is 37.3 Å². The second-order valence-corrected chi connectivity index (χ2v) is 7.96. The van der Waals surface area contributed by atoms with E-state index in [1.54, 1.807) is 6.20 Å². The standard InChI is InChI=1S/C22H22F4N4O.CH2O3/c23-21-17(22(24,25)26)4-2-5-18(21)31-16-9-7-14(8-10-16)13-15-3-1-6-19(28-15)29-20-11-12-27-30-20;2-1(3)4/h1-6,11-12,14,16H,7-10,13H2,(H2,27,28,29,30);(H2,2,3,4)/t14-,16-;. The van der Waals surface area contributed by atoms with Crippen LogP contribution in [0.25, 0.3) is 0 Å². The van der Waals surface area contributed by atoms with E-state index in [1.807, 2.05) is 24.3 Å². The third-order valence-electron chi connectivity index (χ3n) is 5.42. The summed E-state index contributed by atoms with van der Waals surface area (Å²) in [6.07, 6.45) is -1.37. The Balaban J connectivity index is 0.000000795. The van der Waals surface area contributed by atoms with Crippen molar-refractivity contribution in [2.75, 3.05) is 5.32 Å². The number of aromatic amines is 1. The molecule has 35 heavy (non-hydrogen) atoms. The van der Waals surface area contributed by atoms with Gasteiger partial charge in [0.1, 0.15) is 5.82 Å². The molecule has 3 aromatic rings. The van der Waals surface area contributed by atoms with Crippen molar-refractivity contribution in [3.05, 3.63) is 65.7 Å². The van der Waals surface area contributed by atoms with Gasteiger partial charge in [-0.05, 0) is 62.3 Å². The second-order valence-electron chi connectivity index (χ2n) is 7.96. The number of benzene rings is 1. The topological polar surface area (TPSA) is 120 Å². The van der Waals surface area contributed by atoms with E-state index in [4.69, 9.17) is 19.7 Å². The zero-order chi connectivity index (χ0) is 25.4. The lowest BCUT2D eigenvalue weighted by molar-refractivity contribution is -0.140. The summed E-state index contributed by atoms with van der Waals surface area (Å²) in [5, 5.41) is 23.9. The molecule has 0 aliphatic heterocycles. The Morgan fingerprint density at radius 3 is 2.37 bits per heavy atom. The molecular weight excluding hydrogens is 472 g/mol. The number of ether oxygens (including phenoxy) is 1. The number of pyridine rings is 1. The molecule has 2 heterocycles. The largest absolute Gasteiger partial charge is 0.503 e. The number of nitrogens with one attached hydrogen (secondary N) is 2. The zero-order valence-electron chi connectivity index (χ0n) is 18.4. The van der Waals surface area contributed by atoms with Crippen molar-refractivity contribution in [3.63, 3.8) is 0 Å². The smallest absolute Gasteiger partial charge is 0.487 e. The summed E-state index contributed by atoms with van der Waals surface area (Å²) in [4.78, 5) is 13.2. The number of rotatable bonds is 6. The van der Waals surface area contributed by atoms with Gasteiger partial charge in [-0.1, -0.05) is 12.1 Å². The number of carboxylic acid groups (broad SMARTS) is 2. The first-order chi connectivity index (χ1) is 16.6. The summed E-state index contributed by atoms with van der Waals surface area (Å²) in [5.41, 5.74) is -0.345. The van der Waals surface area contributed by atoms with E-state index >= 15 is 0 Å². The molecule has 0 saturated heterocycles. The molecule has 0 amide bonds. The normalized spacial score (nSPS) is 17.7. The fourth-order valence-corrected chi connectivity index (χ4v) is 3.87. The average Bonchev–Trinajstić information content (AvgIpc) is 3.29. The maximum atomic E-state index is 14.2. The van der Waals surface area contributed by atoms with E-state index in [0.29, 0.717) is 30.4 Å². The van der Waals surface area contributed by atoms with Crippen molar-refractivity contribution in [2.24, 2.45) is 5.92 Å². The summed E-state index contributed by atoms with van der Waals surface area (Å²) in [6.45, 7) is 0. The third-order valence-corrected chi connectivity index (χ3v) is 5.42. The molecule has 2 aromatic heterocycles. The number of H-pyrrole nitrogens is 1. The quantitative estimate of drug-likeness (QED) is 0.304. The number of alkyl halides is 3. The molecule has 12 heteroatoms. The molecule has 1 fully saturated rings. The summed E-state index contributed by atoms with van der Waals surface area (Å²) >= 11 is 0. The van der Waals surface area contributed by atoms with Crippen molar-refractivity contribution in [1.82, 2.24) is 15.2 Å². The molecule has 4 N–H and O–H groups in total. The molecular formula is C23H24F4N4O4. The SMILES string of the molecule is Fc1c(O[C@H]2CC[C@H](Cc3cccc(Nc4cc[nH]n4)n3)CC2)cccc1C(F)(F)F.O=C(O)O. The molecule has 4 rings (SSSR count). The summed E-state index contributed by atoms with van der Waals surface area (Å²) < 4.78 is 58.4. The molecule has 1 aliphatic carbocycles. The van der Waals surface area contributed by atoms with Crippen LogP contribution in [0.4, 0.5) is 34.0 Å². The first kappa shape index (κ1) is 25.8. The van der Waals surface area contributed by atoms with Gasteiger partial charge in [0.15, 0.2) is 17.4 Å². The lowest BCUT2D eigenvalue weighted by atomic mass is 9.84. The van der Waals surface area contributed by atoms with Gasteiger partial charge in [-0.3, -0.25) is 5.10 Å². The van der Waals surface area contributed by atoms with E-state index in [-0.39, 0.29) is 11.9 Å². The van der Waals surface area contributed by atoms with Crippen LogP contribution in [0.1, 0.15) is 36.9 Å². The maximum absolute atomic E-state index is 14.2. The Kier molecular flexibility index (Phi) is 8.50. The molecule has 188 valence electrons. The number of halogens is 4. The molecule has 0 unspecified atom stereocenters. The minimum absolute atomic E-state index is 0.296. The highest BCUT2D eigenvalue weighted by atomic mass is 19.4. The van der Waals surface area contributed by atoms with E-state index in [9.17, 15) is 17.6 Å². The van der Waals surface area contributed by atoms with Crippen LogP contribution in [0.3, 0.4) is 0 Å². The van der Waals surface area contributed by atoms with Crippen LogP contribution in [0.2, 0.25) is 0 Å². The van der Waals surface area contributed by atoms with Crippen LogP contribution in [0.15, 0.2) is 48.7 Å². The first-order valence-corrected chi connectivity index (χ1v) is 10.8. The minimum Gasteiger partial charge on any atom is -0.487 e. The van der Waals surface area contributed by atoms with Crippen molar-refractivity contribution in [3.8, 4) is 5.75 Å². The van der Waals surface area contributed by atoms with Crippen LogP contribution < -0.4 is 10.1 Å². The Morgan fingerprint density at radius 1 is 1.06 bits per heavy atom. The summed E-state index contributed by atoms with van der Waals surface area (Å²) in [5.74, 6) is 0.102. The Hall–Kier alpha value is -3.83. The number of carbonyl (C=O) groups is 1. The molecule has 1 saturated carbocycles. The highest BCUT2D eigenvalue weighted by Gasteiger charge is 2.35. The predicted octanol–water partition coefficient (Wildman–Crippen LogP) is 6.11. The van der Waals surface area contributed by atoms with E-state index < -0.39 is 23.7 Å². The average molecular weight is 496 g/mol.